The number of nitrogens with one attached hydrogen (secondary N) is 1. The normalized spacial score (nSPS) is 14.8. The van der Waals surface area contributed by atoms with E-state index in [-0.39, 0.29) is 5.91 Å². The van der Waals surface area contributed by atoms with E-state index in [0.717, 1.165) is 25.4 Å². The standard InChI is InChI=1S/C24H31N3O4/c1-24(2,3)31-23(29)25-20-9-7-19(8-10-20)22(28)27-15-13-26(14-16-27)17-18-5-11-21(30-4)12-6-18/h5-12H,13-17H2,1-4H3,(H,25,29). The van der Waals surface area contributed by atoms with Gasteiger partial charge in [0.2, 0.25) is 0 Å². The smallest absolute Gasteiger partial charge is 0.412 e. The molecule has 1 N–H and O–H groups in total. The third-order valence-corrected chi connectivity index (χ3v) is 5.00. The summed E-state index contributed by atoms with van der Waals surface area (Å²) in [6, 6.07) is 15.0. The first-order valence-electron chi connectivity index (χ1n) is 10.5. The van der Waals surface area contributed by atoms with Crippen LogP contribution in [0, 0.1) is 0 Å². The number of piperazine rings is 1. The number of carbonyl (C=O) groups excluding carboxylic acids is 2. The molecule has 0 unspecified atom stereocenters. The van der Waals surface area contributed by atoms with E-state index < -0.39 is 11.7 Å². The first-order valence-corrected chi connectivity index (χ1v) is 10.5. The Labute approximate surface area is 183 Å². The van der Waals surface area contributed by atoms with E-state index in [9.17, 15) is 9.59 Å². The van der Waals surface area contributed by atoms with Crippen LogP contribution in [0.2, 0.25) is 0 Å². The van der Waals surface area contributed by atoms with E-state index in [0.29, 0.717) is 24.3 Å². The molecule has 0 saturated carbocycles. The van der Waals surface area contributed by atoms with Crippen molar-refractivity contribution in [3.8, 4) is 5.75 Å². The Hall–Kier alpha value is -3.06. The molecule has 7 heteroatoms. The molecule has 1 aliphatic rings. The molecule has 7 nitrogen and oxygen atoms in total. The summed E-state index contributed by atoms with van der Waals surface area (Å²) in [5.74, 6) is 0.861. The molecule has 0 bridgehead atoms. The summed E-state index contributed by atoms with van der Waals surface area (Å²) in [6.45, 7) is 9.32. The van der Waals surface area contributed by atoms with Crippen LogP contribution in [0.1, 0.15) is 36.7 Å². The average Bonchev–Trinajstić information content (AvgIpc) is 2.73. The number of ether oxygens (including phenoxy) is 2. The maximum atomic E-state index is 12.8. The number of amides is 2. The predicted molar refractivity (Wildman–Crippen MR) is 120 cm³/mol. The average molecular weight is 426 g/mol. The van der Waals surface area contributed by atoms with Crippen LogP contribution in [0.5, 0.6) is 5.75 Å². The zero-order valence-corrected chi connectivity index (χ0v) is 18.7. The van der Waals surface area contributed by atoms with Crippen LogP contribution in [0.3, 0.4) is 0 Å². The molecule has 2 amide bonds. The Balaban J connectivity index is 1.49. The van der Waals surface area contributed by atoms with Gasteiger partial charge < -0.3 is 14.4 Å². The van der Waals surface area contributed by atoms with Crippen molar-refractivity contribution in [2.45, 2.75) is 32.9 Å². The Morgan fingerprint density at radius 2 is 1.55 bits per heavy atom. The van der Waals surface area contributed by atoms with Crippen LogP contribution < -0.4 is 10.1 Å². The van der Waals surface area contributed by atoms with Crippen molar-refractivity contribution in [2.75, 3.05) is 38.6 Å². The second-order valence-corrected chi connectivity index (χ2v) is 8.62. The SMILES string of the molecule is COc1ccc(CN2CCN(C(=O)c3ccc(NC(=O)OC(C)(C)C)cc3)CC2)cc1. The number of rotatable bonds is 5. The highest BCUT2D eigenvalue weighted by Gasteiger charge is 2.22. The summed E-state index contributed by atoms with van der Waals surface area (Å²) in [5.41, 5.74) is 1.87. The highest BCUT2D eigenvalue weighted by molar-refractivity contribution is 5.95. The summed E-state index contributed by atoms with van der Waals surface area (Å²) in [4.78, 5) is 28.9. The minimum absolute atomic E-state index is 0.00733. The Bertz CT molecular complexity index is 881. The van der Waals surface area contributed by atoms with Crippen LogP contribution in [-0.2, 0) is 11.3 Å². The molecule has 2 aromatic carbocycles. The van der Waals surface area contributed by atoms with Crippen molar-refractivity contribution in [1.29, 1.82) is 0 Å². The lowest BCUT2D eigenvalue weighted by Crippen LogP contribution is -2.48. The zero-order valence-electron chi connectivity index (χ0n) is 18.7. The van der Waals surface area contributed by atoms with Gasteiger partial charge in [-0.25, -0.2) is 4.79 Å². The molecule has 2 aromatic rings. The first kappa shape index (κ1) is 22.6. The summed E-state index contributed by atoms with van der Waals surface area (Å²) in [7, 11) is 1.66. The third kappa shape index (κ3) is 6.72. The van der Waals surface area contributed by atoms with Gasteiger partial charge in [0, 0.05) is 44.0 Å². The molecule has 166 valence electrons. The second-order valence-electron chi connectivity index (χ2n) is 8.62. The molecule has 1 aliphatic heterocycles. The van der Waals surface area contributed by atoms with E-state index >= 15 is 0 Å². The van der Waals surface area contributed by atoms with Crippen LogP contribution in [-0.4, -0.2) is 60.7 Å². The van der Waals surface area contributed by atoms with E-state index in [1.807, 2.05) is 37.8 Å². The minimum atomic E-state index is -0.560. The summed E-state index contributed by atoms with van der Waals surface area (Å²) >= 11 is 0. The maximum Gasteiger partial charge on any atom is 0.412 e. The number of methoxy groups -OCH3 is 1. The maximum absolute atomic E-state index is 12.8. The lowest BCUT2D eigenvalue weighted by Gasteiger charge is -2.34. The van der Waals surface area contributed by atoms with Crippen molar-refractivity contribution in [2.24, 2.45) is 0 Å². The lowest BCUT2D eigenvalue weighted by molar-refractivity contribution is 0.0624. The summed E-state index contributed by atoms with van der Waals surface area (Å²) in [5, 5.41) is 2.68. The van der Waals surface area contributed by atoms with Crippen molar-refractivity contribution in [3.63, 3.8) is 0 Å². The molecule has 1 heterocycles. The van der Waals surface area contributed by atoms with Gasteiger partial charge in [-0.2, -0.15) is 0 Å². The molecule has 1 saturated heterocycles. The minimum Gasteiger partial charge on any atom is -0.497 e. The second kappa shape index (κ2) is 9.83. The van der Waals surface area contributed by atoms with Gasteiger partial charge in [0.15, 0.2) is 0 Å². The summed E-state index contributed by atoms with van der Waals surface area (Å²) < 4.78 is 10.4. The molecule has 0 aliphatic carbocycles. The number of hydrogen-bond donors (Lipinski definition) is 1. The van der Waals surface area contributed by atoms with Crippen LogP contribution in [0.15, 0.2) is 48.5 Å². The van der Waals surface area contributed by atoms with Gasteiger partial charge >= 0.3 is 6.09 Å². The highest BCUT2D eigenvalue weighted by atomic mass is 16.6. The molecular formula is C24H31N3O4. The highest BCUT2D eigenvalue weighted by Crippen LogP contribution is 2.17. The Morgan fingerprint density at radius 1 is 0.935 bits per heavy atom. The monoisotopic (exact) mass is 425 g/mol. The van der Waals surface area contributed by atoms with Gasteiger partial charge in [-0.15, -0.1) is 0 Å². The number of nitrogens with zero attached hydrogens (tertiary/aromatic N) is 2. The first-order chi connectivity index (χ1) is 14.7. The molecule has 0 spiro atoms. The van der Waals surface area contributed by atoms with E-state index in [4.69, 9.17) is 9.47 Å². The van der Waals surface area contributed by atoms with Gasteiger partial charge in [-0.1, -0.05) is 12.1 Å². The van der Waals surface area contributed by atoms with Crippen molar-refractivity contribution in [1.82, 2.24) is 9.80 Å². The van der Waals surface area contributed by atoms with E-state index in [2.05, 4.69) is 22.3 Å². The fourth-order valence-corrected chi connectivity index (χ4v) is 3.40. The molecule has 0 atom stereocenters. The third-order valence-electron chi connectivity index (χ3n) is 5.00. The lowest BCUT2D eigenvalue weighted by atomic mass is 10.1. The quantitative estimate of drug-likeness (QED) is 0.784. The zero-order chi connectivity index (χ0) is 22.4. The number of benzene rings is 2. The van der Waals surface area contributed by atoms with Crippen molar-refractivity contribution < 1.29 is 19.1 Å². The van der Waals surface area contributed by atoms with Gasteiger partial charge in [0.25, 0.3) is 5.91 Å². The van der Waals surface area contributed by atoms with Gasteiger partial charge in [-0.3, -0.25) is 15.0 Å². The molecule has 1 fully saturated rings. The number of hydrogen-bond acceptors (Lipinski definition) is 5. The molecular weight excluding hydrogens is 394 g/mol. The number of anilines is 1. The number of carbonyl (C=O) groups is 2. The summed E-state index contributed by atoms with van der Waals surface area (Å²) in [6.07, 6.45) is -0.514. The van der Waals surface area contributed by atoms with Crippen LogP contribution in [0.4, 0.5) is 10.5 Å². The van der Waals surface area contributed by atoms with Crippen LogP contribution in [0.25, 0.3) is 0 Å². The fourth-order valence-electron chi connectivity index (χ4n) is 3.40. The van der Waals surface area contributed by atoms with E-state index in [1.54, 1.807) is 31.4 Å². The van der Waals surface area contributed by atoms with E-state index in [1.165, 1.54) is 5.56 Å². The van der Waals surface area contributed by atoms with Gasteiger partial charge in [0.1, 0.15) is 11.4 Å². The van der Waals surface area contributed by atoms with Crippen LogP contribution >= 0.6 is 0 Å². The largest absolute Gasteiger partial charge is 0.497 e. The molecule has 31 heavy (non-hydrogen) atoms. The molecule has 3 rings (SSSR count). The Morgan fingerprint density at radius 3 is 2.10 bits per heavy atom. The topological polar surface area (TPSA) is 71.1 Å². The van der Waals surface area contributed by atoms with Crippen molar-refractivity contribution in [3.05, 3.63) is 59.7 Å². The molecule has 0 radical (unpaired) electrons. The van der Waals surface area contributed by atoms with Crippen molar-refractivity contribution >= 4 is 17.7 Å². The fraction of sp³-hybridized carbons (Fsp3) is 0.417. The Kier molecular flexibility index (Phi) is 7.17. The van der Waals surface area contributed by atoms with Gasteiger partial charge in [0.05, 0.1) is 7.11 Å². The predicted octanol–water partition coefficient (Wildman–Crippen LogP) is 4.00. The molecule has 0 aromatic heterocycles. The van der Waals surface area contributed by atoms with Gasteiger partial charge in [-0.05, 0) is 62.7 Å².